The number of ether oxygens (including phenoxy) is 2. The molecule has 0 N–H and O–H groups in total. The summed E-state index contributed by atoms with van der Waals surface area (Å²) < 4.78 is 11.2. The number of methoxy groups -OCH3 is 1. The van der Waals surface area contributed by atoms with Gasteiger partial charge in [0.15, 0.2) is 0 Å². The molecule has 0 bridgehead atoms. The number of rotatable bonds is 9. The molecule has 2 heterocycles. The minimum Gasteiger partial charge on any atom is -0.497 e. The zero-order chi connectivity index (χ0) is 20.6. The summed E-state index contributed by atoms with van der Waals surface area (Å²) in [6.45, 7) is 6.87. The molecule has 0 spiro atoms. The first-order valence-electron chi connectivity index (χ1n) is 12.2. The third-order valence-electron chi connectivity index (χ3n) is 7.28. The van der Waals surface area contributed by atoms with Gasteiger partial charge >= 0.3 is 0 Å². The summed E-state index contributed by atoms with van der Waals surface area (Å²) >= 11 is 0. The first-order valence-corrected chi connectivity index (χ1v) is 12.2. The second-order valence-electron chi connectivity index (χ2n) is 9.45. The summed E-state index contributed by atoms with van der Waals surface area (Å²) in [5.74, 6) is 1.74. The fraction of sp³-hybridized carbons (Fsp3) is 0.692. The summed E-state index contributed by atoms with van der Waals surface area (Å²) in [6, 6.07) is 9.20. The highest BCUT2D eigenvalue weighted by Crippen LogP contribution is 2.28. The molecule has 0 radical (unpaired) electrons. The topological polar surface area (TPSA) is 24.9 Å². The summed E-state index contributed by atoms with van der Waals surface area (Å²) in [4.78, 5) is 5.43. The molecule has 3 fully saturated rings. The predicted octanol–water partition coefficient (Wildman–Crippen LogP) is 4.84. The number of benzene rings is 1. The molecule has 1 atom stereocenters. The number of likely N-dealkylation sites (tertiary alicyclic amines) is 1. The van der Waals surface area contributed by atoms with E-state index in [1.807, 2.05) is 12.1 Å². The summed E-state index contributed by atoms with van der Waals surface area (Å²) in [5.41, 5.74) is 1.23. The molecule has 2 aliphatic heterocycles. The van der Waals surface area contributed by atoms with Crippen LogP contribution in [0.5, 0.6) is 5.75 Å². The van der Waals surface area contributed by atoms with Crippen molar-refractivity contribution in [2.24, 2.45) is 5.92 Å². The molecule has 0 aromatic heterocycles. The van der Waals surface area contributed by atoms with Crippen molar-refractivity contribution in [2.45, 2.75) is 63.5 Å². The van der Waals surface area contributed by atoms with E-state index >= 15 is 0 Å². The van der Waals surface area contributed by atoms with Gasteiger partial charge in [-0.1, -0.05) is 37.1 Å². The molecule has 4 heteroatoms. The summed E-state index contributed by atoms with van der Waals surface area (Å²) in [6.07, 6.45) is 15.9. The van der Waals surface area contributed by atoms with Crippen LogP contribution >= 0.6 is 0 Å². The first kappa shape index (κ1) is 21.9. The molecular weight excluding hydrogens is 372 g/mol. The molecule has 4 rings (SSSR count). The van der Waals surface area contributed by atoms with Crippen LogP contribution in [-0.4, -0.2) is 68.4 Å². The van der Waals surface area contributed by atoms with E-state index < -0.39 is 0 Å². The Hall–Kier alpha value is -1.36. The van der Waals surface area contributed by atoms with Gasteiger partial charge in [0.05, 0.1) is 13.2 Å². The molecule has 30 heavy (non-hydrogen) atoms. The van der Waals surface area contributed by atoms with Gasteiger partial charge in [-0.05, 0) is 75.2 Å². The van der Waals surface area contributed by atoms with Crippen molar-refractivity contribution in [1.29, 1.82) is 0 Å². The van der Waals surface area contributed by atoms with Gasteiger partial charge in [0, 0.05) is 32.3 Å². The standard InChI is InChI=1S/C26H40N2O2/c1-29-25-12-10-22(11-13-25)6-4-16-27(21-26-9-5-19-30-26)20-23-14-17-28(18-15-23)24-7-2-3-8-24/h4,6,10-13,23-24,26H,2-3,5,7-9,14-21H2,1H3/b6-4+/t26-/m1/s1. The largest absolute Gasteiger partial charge is 0.497 e. The van der Waals surface area contributed by atoms with E-state index in [-0.39, 0.29) is 0 Å². The maximum absolute atomic E-state index is 5.96. The van der Waals surface area contributed by atoms with E-state index in [1.54, 1.807) is 7.11 Å². The van der Waals surface area contributed by atoms with E-state index in [2.05, 4.69) is 34.1 Å². The van der Waals surface area contributed by atoms with Crippen molar-refractivity contribution in [1.82, 2.24) is 9.80 Å². The number of nitrogens with zero attached hydrogens (tertiary/aromatic N) is 2. The van der Waals surface area contributed by atoms with Gasteiger partial charge < -0.3 is 14.4 Å². The Bertz CT molecular complexity index is 640. The van der Waals surface area contributed by atoms with Crippen molar-refractivity contribution in [3.8, 4) is 5.75 Å². The summed E-state index contributed by atoms with van der Waals surface area (Å²) in [7, 11) is 1.71. The zero-order valence-corrected chi connectivity index (χ0v) is 18.8. The van der Waals surface area contributed by atoms with E-state index in [0.717, 1.165) is 37.4 Å². The van der Waals surface area contributed by atoms with Crippen LogP contribution in [-0.2, 0) is 4.74 Å². The lowest BCUT2D eigenvalue weighted by atomic mass is 9.94. The minimum atomic E-state index is 0.429. The lowest BCUT2D eigenvalue weighted by Gasteiger charge is -2.38. The van der Waals surface area contributed by atoms with Gasteiger partial charge in [0.1, 0.15) is 5.75 Å². The molecule has 2 saturated heterocycles. The Kier molecular flexibility index (Phi) is 8.24. The fourth-order valence-corrected chi connectivity index (χ4v) is 5.49. The Morgan fingerprint density at radius 1 is 1.00 bits per heavy atom. The van der Waals surface area contributed by atoms with Crippen LogP contribution in [0.2, 0.25) is 0 Å². The molecule has 4 nitrogen and oxygen atoms in total. The van der Waals surface area contributed by atoms with Crippen molar-refractivity contribution in [3.05, 3.63) is 35.9 Å². The molecule has 0 amide bonds. The molecule has 3 aliphatic rings. The molecular formula is C26H40N2O2. The second-order valence-corrected chi connectivity index (χ2v) is 9.45. The molecule has 1 aliphatic carbocycles. The van der Waals surface area contributed by atoms with E-state index in [9.17, 15) is 0 Å². The van der Waals surface area contributed by atoms with Gasteiger partial charge in [-0.15, -0.1) is 0 Å². The number of piperidine rings is 1. The normalized spacial score (nSPS) is 24.4. The molecule has 1 aromatic rings. The van der Waals surface area contributed by atoms with Gasteiger partial charge in [-0.25, -0.2) is 0 Å². The average Bonchev–Trinajstić information content (AvgIpc) is 3.49. The van der Waals surface area contributed by atoms with Crippen molar-refractivity contribution in [2.75, 3.05) is 46.4 Å². The highest BCUT2D eigenvalue weighted by atomic mass is 16.5. The molecule has 1 saturated carbocycles. The van der Waals surface area contributed by atoms with Gasteiger partial charge in [0.25, 0.3) is 0 Å². The highest BCUT2D eigenvalue weighted by Gasteiger charge is 2.28. The SMILES string of the molecule is COc1ccc(/C=C/CN(CC2CCN(C3CCCC3)CC2)C[C@H]2CCCO2)cc1. The van der Waals surface area contributed by atoms with Crippen molar-refractivity contribution < 1.29 is 9.47 Å². The smallest absolute Gasteiger partial charge is 0.118 e. The van der Waals surface area contributed by atoms with Crippen LogP contribution in [0, 0.1) is 5.92 Å². The third kappa shape index (κ3) is 6.32. The molecule has 0 unspecified atom stereocenters. The monoisotopic (exact) mass is 412 g/mol. The van der Waals surface area contributed by atoms with Gasteiger partial charge in [-0.3, -0.25) is 4.90 Å². The minimum absolute atomic E-state index is 0.429. The maximum Gasteiger partial charge on any atom is 0.118 e. The Balaban J connectivity index is 1.28. The van der Waals surface area contributed by atoms with Gasteiger partial charge in [0.2, 0.25) is 0 Å². The second kappa shape index (κ2) is 11.3. The Labute approximate surface area is 183 Å². The van der Waals surface area contributed by atoms with E-state index in [0.29, 0.717) is 6.10 Å². The van der Waals surface area contributed by atoms with E-state index in [4.69, 9.17) is 9.47 Å². The highest BCUT2D eigenvalue weighted by molar-refractivity contribution is 5.50. The van der Waals surface area contributed by atoms with Crippen LogP contribution in [0.4, 0.5) is 0 Å². The summed E-state index contributed by atoms with van der Waals surface area (Å²) in [5, 5.41) is 0. The van der Waals surface area contributed by atoms with Crippen LogP contribution < -0.4 is 4.74 Å². The lowest BCUT2D eigenvalue weighted by molar-refractivity contribution is 0.0614. The molecule has 1 aromatic carbocycles. The number of hydrogen-bond acceptors (Lipinski definition) is 4. The first-order chi connectivity index (χ1) is 14.8. The van der Waals surface area contributed by atoms with Crippen LogP contribution in [0.3, 0.4) is 0 Å². The number of hydrogen-bond donors (Lipinski definition) is 0. The Morgan fingerprint density at radius 2 is 1.77 bits per heavy atom. The Morgan fingerprint density at radius 3 is 2.43 bits per heavy atom. The predicted molar refractivity (Wildman–Crippen MR) is 124 cm³/mol. The van der Waals surface area contributed by atoms with Gasteiger partial charge in [-0.2, -0.15) is 0 Å². The average molecular weight is 413 g/mol. The van der Waals surface area contributed by atoms with Crippen LogP contribution in [0.15, 0.2) is 30.3 Å². The van der Waals surface area contributed by atoms with Crippen molar-refractivity contribution in [3.63, 3.8) is 0 Å². The van der Waals surface area contributed by atoms with Crippen molar-refractivity contribution >= 4 is 6.08 Å². The lowest BCUT2D eigenvalue weighted by Crippen LogP contribution is -2.43. The quantitative estimate of drug-likeness (QED) is 0.579. The zero-order valence-electron chi connectivity index (χ0n) is 18.8. The van der Waals surface area contributed by atoms with Crippen LogP contribution in [0.25, 0.3) is 6.08 Å². The van der Waals surface area contributed by atoms with Crippen LogP contribution in [0.1, 0.15) is 56.9 Å². The fourth-order valence-electron chi connectivity index (χ4n) is 5.49. The maximum atomic E-state index is 5.96. The third-order valence-corrected chi connectivity index (χ3v) is 7.28. The molecule has 166 valence electrons. The van der Waals surface area contributed by atoms with E-state index in [1.165, 1.54) is 76.6 Å².